The van der Waals surface area contributed by atoms with Crippen LogP contribution < -0.4 is 0 Å². The van der Waals surface area contributed by atoms with Crippen molar-refractivity contribution in [2.24, 2.45) is 0 Å². The van der Waals surface area contributed by atoms with E-state index in [-0.39, 0.29) is 0 Å². The predicted molar refractivity (Wildman–Crippen MR) is 166 cm³/mol. The lowest BCUT2D eigenvalue weighted by Crippen LogP contribution is -2.32. The second-order valence-corrected chi connectivity index (χ2v) is 9.47. The zero-order valence-corrected chi connectivity index (χ0v) is 27.6. The van der Waals surface area contributed by atoms with Gasteiger partial charge >= 0.3 is 7.32 Å². The van der Waals surface area contributed by atoms with E-state index in [9.17, 15) is 0 Å². The van der Waals surface area contributed by atoms with Crippen molar-refractivity contribution in [2.45, 2.75) is 59.3 Å². The Hall–Kier alpha value is -0.415. The molecule has 0 N–H and O–H groups in total. The Labute approximate surface area is 262 Å². The van der Waals surface area contributed by atoms with Gasteiger partial charge in [-0.25, -0.2) is 0 Å². The van der Waals surface area contributed by atoms with Gasteiger partial charge in [-0.2, -0.15) is 0 Å². The summed E-state index contributed by atoms with van der Waals surface area (Å²) >= 11 is 0. The lowest BCUT2D eigenvalue weighted by molar-refractivity contribution is -0.0131. The van der Waals surface area contributed by atoms with Crippen molar-refractivity contribution in [3.05, 3.63) is 0 Å². The maximum atomic E-state index is 5.71. The van der Waals surface area contributed by atoms with Crippen molar-refractivity contribution >= 4 is 7.32 Å². The predicted octanol–water partition coefficient (Wildman–Crippen LogP) is 3.57. The summed E-state index contributed by atoms with van der Waals surface area (Å²) in [6, 6.07) is 0. The summed E-state index contributed by atoms with van der Waals surface area (Å²) in [6.07, 6.45) is 6.62. The first kappa shape index (κ1) is 42.6. The first-order valence-electron chi connectivity index (χ1n) is 16.4. The van der Waals surface area contributed by atoms with Crippen LogP contribution in [0.1, 0.15) is 59.3 Å². The summed E-state index contributed by atoms with van der Waals surface area (Å²) in [4.78, 5) is 0. The standard InChI is InChI=1S/C30H63BO12/c1-4-7-10-32-13-16-35-19-22-38-25-28-41-31(42-29-26-39-23-20-36-17-14-33-11-8-5-2)43-30-27-40-24-21-37-18-15-34-12-9-6-3/h4-30H2,1-3H3. The van der Waals surface area contributed by atoms with Crippen LogP contribution in [-0.2, 0) is 56.6 Å². The molecule has 0 aromatic rings. The number of hydrogen-bond donors (Lipinski definition) is 0. The van der Waals surface area contributed by atoms with Gasteiger partial charge in [0.2, 0.25) is 0 Å². The van der Waals surface area contributed by atoms with E-state index < -0.39 is 7.32 Å². The highest BCUT2D eigenvalue weighted by Crippen LogP contribution is 1.96. The van der Waals surface area contributed by atoms with Gasteiger partial charge in [-0.05, 0) is 19.3 Å². The number of unbranched alkanes of at least 4 members (excludes halogenated alkanes) is 3. The van der Waals surface area contributed by atoms with E-state index in [1.807, 2.05) is 0 Å². The van der Waals surface area contributed by atoms with E-state index in [2.05, 4.69) is 20.8 Å². The van der Waals surface area contributed by atoms with Crippen molar-refractivity contribution in [3.63, 3.8) is 0 Å². The minimum absolute atomic E-state index is 0.314. The van der Waals surface area contributed by atoms with E-state index in [1.54, 1.807) is 0 Å². The maximum absolute atomic E-state index is 5.71. The van der Waals surface area contributed by atoms with Crippen LogP contribution in [0.2, 0.25) is 0 Å². The molecule has 12 nitrogen and oxygen atoms in total. The Bertz CT molecular complexity index is 429. The largest absolute Gasteiger partial charge is 0.639 e. The molecule has 13 heteroatoms. The van der Waals surface area contributed by atoms with E-state index in [0.29, 0.717) is 119 Å². The van der Waals surface area contributed by atoms with Crippen LogP contribution in [0, 0.1) is 0 Å². The molecule has 0 rings (SSSR count). The monoisotopic (exact) mass is 626 g/mol. The SMILES string of the molecule is CCCCOCCOCCOCCOB(OCCOCCOCCOCCCC)OCCOCCOCCOCCCC. The summed E-state index contributed by atoms with van der Waals surface area (Å²) < 4.78 is 66.7. The normalized spacial score (nSPS) is 11.5. The van der Waals surface area contributed by atoms with Crippen molar-refractivity contribution in [2.75, 3.05) is 139 Å². The van der Waals surface area contributed by atoms with Gasteiger partial charge in [0, 0.05) is 19.8 Å². The Morgan fingerprint density at radius 3 is 0.651 bits per heavy atom. The van der Waals surface area contributed by atoms with E-state index in [4.69, 9.17) is 56.6 Å². The van der Waals surface area contributed by atoms with Gasteiger partial charge in [0.1, 0.15) is 0 Å². The smallest absolute Gasteiger partial charge is 0.383 e. The molecule has 0 aromatic heterocycles. The van der Waals surface area contributed by atoms with Gasteiger partial charge in [-0.15, -0.1) is 0 Å². The molecule has 0 aliphatic carbocycles. The molecule has 0 aliphatic rings. The van der Waals surface area contributed by atoms with Crippen LogP contribution in [0.25, 0.3) is 0 Å². The third-order valence-corrected chi connectivity index (χ3v) is 5.60. The molecule has 0 saturated heterocycles. The third kappa shape index (κ3) is 37.7. The van der Waals surface area contributed by atoms with Crippen molar-refractivity contribution < 1.29 is 56.6 Å². The van der Waals surface area contributed by atoms with Gasteiger partial charge in [0.15, 0.2) is 0 Å². The van der Waals surface area contributed by atoms with Gasteiger partial charge < -0.3 is 56.6 Å². The third-order valence-electron chi connectivity index (χ3n) is 5.60. The van der Waals surface area contributed by atoms with Crippen LogP contribution in [-0.4, -0.2) is 146 Å². The fraction of sp³-hybridized carbons (Fsp3) is 1.00. The Morgan fingerprint density at radius 2 is 0.442 bits per heavy atom. The van der Waals surface area contributed by atoms with E-state index in [1.165, 1.54) is 0 Å². The van der Waals surface area contributed by atoms with Crippen LogP contribution in [0.15, 0.2) is 0 Å². The molecule has 0 aromatic carbocycles. The second-order valence-electron chi connectivity index (χ2n) is 9.47. The maximum Gasteiger partial charge on any atom is 0.639 e. The van der Waals surface area contributed by atoms with Gasteiger partial charge in [-0.3, -0.25) is 0 Å². The molecule has 0 fully saturated rings. The quantitative estimate of drug-likeness (QED) is 0.0735. The summed E-state index contributed by atoms with van der Waals surface area (Å²) in [5.74, 6) is 0. The van der Waals surface area contributed by atoms with E-state index in [0.717, 1.165) is 58.3 Å². The van der Waals surface area contributed by atoms with Crippen LogP contribution in [0.3, 0.4) is 0 Å². The lowest BCUT2D eigenvalue weighted by atomic mass is 10.2. The summed E-state index contributed by atoms with van der Waals surface area (Å²) in [5.41, 5.74) is 0. The van der Waals surface area contributed by atoms with Crippen molar-refractivity contribution in [1.29, 1.82) is 0 Å². The molecule has 0 bridgehead atoms. The average molecular weight is 627 g/mol. The number of ether oxygens (including phenoxy) is 9. The average Bonchev–Trinajstić information content (AvgIpc) is 3.02. The fourth-order valence-corrected chi connectivity index (χ4v) is 3.12. The first-order valence-corrected chi connectivity index (χ1v) is 16.4. The Kier molecular flexibility index (Phi) is 39.2. The number of hydrogen-bond acceptors (Lipinski definition) is 12. The molecule has 0 spiro atoms. The lowest BCUT2D eigenvalue weighted by Gasteiger charge is -2.15. The summed E-state index contributed by atoms with van der Waals surface area (Å²) in [5, 5.41) is 0. The Balaban J connectivity index is 3.90. The van der Waals surface area contributed by atoms with Crippen molar-refractivity contribution in [1.82, 2.24) is 0 Å². The molecule has 0 unspecified atom stereocenters. The summed E-state index contributed by atoms with van der Waals surface area (Å²) in [6.45, 7) is 17.4. The molecule has 0 aliphatic heterocycles. The molecule has 0 atom stereocenters. The van der Waals surface area contributed by atoms with Gasteiger partial charge in [-0.1, -0.05) is 40.0 Å². The molecular formula is C30H63BO12. The molecular weight excluding hydrogens is 563 g/mol. The van der Waals surface area contributed by atoms with E-state index >= 15 is 0 Å². The van der Waals surface area contributed by atoms with Gasteiger partial charge in [0.05, 0.1) is 119 Å². The minimum atomic E-state index is -0.847. The zero-order valence-electron chi connectivity index (χ0n) is 27.6. The first-order chi connectivity index (χ1) is 21.3. The highest BCUT2D eigenvalue weighted by atomic mass is 16.7. The van der Waals surface area contributed by atoms with Crippen molar-refractivity contribution in [3.8, 4) is 0 Å². The Morgan fingerprint density at radius 1 is 0.256 bits per heavy atom. The van der Waals surface area contributed by atoms with Crippen LogP contribution in [0.4, 0.5) is 0 Å². The van der Waals surface area contributed by atoms with Crippen LogP contribution in [0.5, 0.6) is 0 Å². The van der Waals surface area contributed by atoms with Crippen LogP contribution >= 0.6 is 0 Å². The fourth-order valence-electron chi connectivity index (χ4n) is 3.12. The summed E-state index contributed by atoms with van der Waals surface area (Å²) in [7, 11) is -0.847. The highest BCUT2D eigenvalue weighted by Gasteiger charge is 2.21. The van der Waals surface area contributed by atoms with Gasteiger partial charge in [0.25, 0.3) is 0 Å². The molecule has 0 saturated carbocycles. The molecule has 0 amide bonds. The number of rotatable bonds is 39. The molecule has 0 radical (unpaired) electrons. The highest BCUT2D eigenvalue weighted by molar-refractivity contribution is 6.36. The zero-order chi connectivity index (χ0) is 31.2. The minimum Gasteiger partial charge on any atom is -0.383 e. The molecule has 43 heavy (non-hydrogen) atoms. The molecule has 258 valence electrons. The second kappa shape index (κ2) is 39.6. The topological polar surface area (TPSA) is 111 Å². The molecule has 0 heterocycles.